The third kappa shape index (κ3) is 3.77. The van der Waals surface area contributed by atoms with E-state index in [4.69, 9.17) is 27.9 Å². The van der Waals surface area contributed by atoms with Crippen LogP contribution in [0.2, 0.25) is 10.2 Å². The van der Waals surface area contributed by atoms with Gasteiger partial charge in [-0.05, 0) is 44.0 Å². The Morgan fingerprint density at radius 2 is 1.83 bits per heavy atom. The standard InChI is InChI=1S/C16H19Cl2N3O2S/c1-11-15(16(18)20(2)19-11)24(22)21-9-7-14(8-10-21)23-13-5-3-12(17)4-6-13/h3-6,14H,7-10H2,1-2H3. The predicted octanol–water partition coefficient (Wildman–Crippen LogP) is 3.60. The monoisotopic (exact) mass is 387 g/mol. The number of piperidine rings is 1. The molecule has 3 rings (SSSR count). The van der Waals surface area contributed by atoms with Crippen molar-refractivity contribution in [1.82, 2.24) is 14.1 Å². The highest BCUT2D eigenvalue weighted by molar-refractivity contribution is 7.82. The lowest BCUT2D eigenvalue weighted by atomic mass is 10.1. The molecule has 0 radical (unpaired) electrons. The zero-order chi connectivity index (χ0) is 17.3. The molecule has 1 unspecified atom stereocenters. The minimum absolute atomic E-state index is 0.116. The maximum atomic E-state index is 12.8. The van der Waals surface area contributed by atoms with Gasteiger partial charge in [0.05, 0.1) is 5.69 Å². The molecule has 1 atom stereocenters. The Kier molecular flexibility index (Phi) is 5.49. The van der Waals surface area contributed by atoms with E-state index in [2.05, 4.69) is 5.10 Å². The van der Waals surface area contributed by atoms with Gasteiger partial charge in [0.2, 0.25) is 0 Å². The first-order valence-corrected chi connectivity index (χ1v) is 9.60. The lowest BCUT2D eigenvalue weighted by molar-refractivity contribution is 0.137. The van der Waals surface area contributed by atoms with Gasteiger partial charge in [0.1, 0.15) is 32.9 Å². The van der Waals surface area contributed by atoms with E-state index in [0.717, 1.165) is 18.6 Å². The van der Waals surface area contributed by atoms with Gasteiger partial charge in [-0.1, -0.05) is 23.2 Å². The maximum absolute atomic E-state index is 12.8. The third-order valence-electron chi connectivity index (χ3n) is 4.03. The Morgan fingerprint density at radius 3 is 2.38 bits per heavy atom. The zero-order valence-electron chi connectivity index (χ0n) is 13.5. The van der Waals surface area contributed by atoms with Gasteiger partial charge in [-0.2, -0.15) is 5.10 Å². The minimum Gasteiger partial charge on any atom is -0.490 e. The van der Waals surface area contributed by atoms with Crippen LogP contribution < -0.4 is 4.74 Å². The molecule has 1 aromatic heterocycles. The van der Waals surface area contributed by atoms with Gasteiger partial charge in [0.25, 0.3) is 0 Å². The fourth-order valence-corrected chi connectivity index (χ4v) is 4.63. The Labute approximate surface area is 154 Å². The van der Waals surface area contributed by atoms with Crippen molar-refractivity contribution in [3.8, 4) is 5.75 Å². The van der Waals surface area contributed by atoms with E-state index >= 15 is 0 Å². The lowest BCUT2D eigenvalue weighted by Gasteiger charge is -2.31. The number of nitrogens with zero attached hydrogens (tertiary/aromatic N) is 3. The molecular formula is C16H19Cl2N3O2S. The molecule has 2 heterocycles. The molecule has 0 spiro atoms. The van der Waals surface area contributed by atoms with Gasteiger partial charge in [0, 0.05) is 25.2 Å². The topological polar surface area (TPSA) is 47.4 Å². The first kappa shape index (κ1) is 17.7. The number of hydrogen-bond acceptors (Lipinski definition) is 3. The third-order valence-corrected chi connectivity index (χ3v) is 6.50. The van der Waals surface area contributed by atoms with Crippen LogP contribution in [0, 0.1) is 6.92 Å². The molecule has 0 aliphatic carbocycles. The van der Waals surface area contributed by atoms with Crippen LogP contribution in [0.25, 0.3) is 0 Å². The highest BCUT2D eigenvalue weighted by Crippen LogP contribution is 2.27. The minimum atomic E-state index is -1.29. The van der Waals surface area contributed by atoms with E-state index in [1.54, 1.807) is 11.7 Å². The van der Waals surface area contributed by atoms with Crippen molar-refractivity contribution in [3.63, 3.8) is 0 Å². The molecule has 24 heavy (non-hydrogen) atoms. The number of aryl methyl sites for hydroxylation is 2. The van der Waals surface area contributed by atoms with Crippen molar-refractivity contribution in [2.45, 2.75) is 30.8 Å². The summed E-state index contributed by atoms with van der Waals surface area (Å²) < 4.78 is 22.3. The van der Waals surface area contributed by atoms with Gasteiger partial charge < -0.3 is 4.74 Å². The van der Waals surface area contributed by atoms with Crippen molar-refractivity contribution in [2.75, 3.05) is 13.1 Å². The van der Waals surface area contributed by atoms with E-state index in [-0.39, 0.29) is 6.10 Å². The second-order valence-corrected chi connectivity index (χ2v) is 8.00. The van der Waals surface area contributed by atoms with Crippen LogP contribution in [0.5, 0.6) is 5.75 Å². The Morgan fingerprint density at radius 1 is 1.21 bits per heavy atom. The molecule has 0 bridgehead atoms. The van der Waals surface area contributed by atoms with Crippen molar-refractivity contribution < 1.29 is 8.95 Å². The van der Waals surface area contributed by atoms with Crippen LogP contribution in [0.3, 0.4) is 0 Å². The molecule has 8 heteroatoms. The van der Waals surface area contributed by atoms with E-state index in [1.807, 2.05) is 35.5 Å². The highest BCUT2D eigenvalue weighted by atomic mass is 35.5. The SMILES string of the molecule is Cc1nn(C)c(Cl)c1S(=O)N1CCC(Oc2ccc(Cl)cc2)CC1. The summed E-state index contributed by atoms with van der Waals surface area (Å²) in [4.78, 5) is 0.608. The van der Waals surface area contributed by atoms with Gasteiger partial charge in [-0.15, -0.1) is 0 Å². The number of aromatic nitrogens is 2. The molecule has 1 fully saturated rings. The number of halogens is 2. The van der Waals surface area contributed by atoms with Crippen molar-refractivity contribution >= 4 is 34.2 Å². The van der Waals surface area contributed by atoms with Crippen LogP contribution in [-0.4, -0.2) is 37.5 Å². The van der Waals surface area contributed by atoms with Gasteiger partial charge in [-0.25, -0.2) is 8.51 Å². The molecular weight excluding hydrogens is 369 g/mol. The van der Waals surface area contributed by atoms with Gasteiger partial charge in [0.15, 0.2) is 0 Å². The first-order valence-electron chi connectivity index (χ1n) is 7.74. The summed E-state index contributed by atoms with van der Waals surface area (Å²) in [6.07, 6.45) is 1.74. The van der Waals surface area contributed by atoms with Crippen molar-refractivity contribution in [1.29, 1.82) is 0 Å². The van der Waals surface area contributed by atoms with E-state index in [1.165, 1.54) is 0 Å². The average molecular weight is 388 g/mol. The van der Waals surface area contributed by atoms with Crippen LogP contribution in [0.15, 0.2) is 29.2 Å². The molecule has 2 aromatic rings. The van der Waals surface area contributed by atoms with Crippen molar-refractivity contribution in [3.05, 3.63) is 40.1 Å². The van der Waals surface area contributed by atoms with Gasteiger partial charge >= 0.3 is 0 Å². The molecule has 1 aromatic carbocycles. The maximum Gasteiger partial charge on any atom is 0.144 e. The molecule has 0 saturated carbocycles. The van der Waals surface area contributed by atoms with Crippen molar-refractivity contribution in [2.24, 2.45) is 7.05 Å². The quantitative estimate of drug-likeness (QED) is 0.804. The summed E-state index contributed by atoms with van der Waals surface area (Å²) in [7, 11) is 0.461. The van der Waals surface area contributed by atoms with E-state index < -0.39 is 11.0 Å². The van der Waals surface area contributed by atoms with Crippen LogP contribution in [0.1, 0.15) is 18.5 Å². The molecule has 1 saturated heterocycles. The summed E-state index contributed by atoms with van der Waals surface area (Å²) in [6.45, 7) is 3.21. The molecule has 5 nitrogen and oxygen atoms in total. The fourth-order valence-electron chi connectivity index (χ4n) is 2.76. The normalized spacial score (nSPS) is 17.8. The summed E-state index contributed by atoms with van der Waals surface area (Å²) >= 11 is 12.1. The highest BCUT2D eigenvalue weighted by Gasteiger charge is 2.28. The summed E-state index contributed by atoms with van der Waals surface area (Å²) in [5, 5.41) is 5.36. The van der Waals surface area contributed by atoms with E-state index in [9.17, 15) is 4.21 Å². The summed E-state index contributed by atoms with van der Waals surface area (Å²) in [5.74, 6) is 0.810. The van der Waals surface area contributed by atoms with Crippen LogP contribution >= 0.6 is 23.2 Å². The average Bonchev–Trinajstić information content (AvgIpc) is 2.82. The number of benzene rings is 1. The number of rotatable bonds is 4. The van der Waals surface area contributed by atoms with Crippen LogP contribution in [0.4, 0.5) is 0 Å². The molecule has 0 amide bonds. The molecule has 130 valence electrons. The second kappa shape index (κ2) is 7.44. The fraction of sp³-hybridized carbons (Fsp3) is 0.438. The Bertz CT molecular complexity index is 741. The largest absolute Gasteiger partial charge is 0.490 e. The van der Waals surface area contributed by atoms with Gasteiger partial charge in [-0.3, -0.25) is 4.68 Å². The molecule has 1 aliphatic heterocycles. The first-order chi connectivity index (χ1) is 11.5. The predicted molar refractivity (Wildman–Crippen MR) is 96.0 cm³/mol. The Hall–Kier alpha value is -1.08. The van der Waals surface area contributed by atoms with Crippen LogP contribution in [-0.2, 0) is 18.0 Å². The van der Waals surface area contributed by atoms with E-state index in [0.29, 0.717) is 33.9 Å². The summed E-state index contributed by atoms with van der Waals surface area (Å²) in [6, 6.07) is 7.36. The lowest BCUT2D eigenvalue weighted by Crippen LogP contribution is -2.39. The molecule has 1 aliphatic rings. The smallest absolute Gasteiger partial charge is 0.144 e. The number of ether oxygens (including phenoxy) is 1. The number of hydrogen-bond donors (Lipinski definition) is 0. The second-order valence-electron chi connectivity index (χ2n) is 5.78. The molecule has 0 N–H and O–H groups in total. The Balaban J connectivity index is 1.60. The summed E-state index contributed by atoms with van der Waals surface area (Å²) in [5.41, 5.74) is 0.709. The zero-order valence-corrected chi connectivity index (χ0v) is 15.9.